The summed E-state index contributed by atoms with van der Waals surface area (Å²) in [5.74, 6) is -0.120. The van der Waals surface area contributed by atoms with Gasteiger partial charge in [-0.25, -0.2) is 8.42 Å². The van der Waals surface area contributed by atoms with Crippen molar-refractivity contribution in [2.24, 2.45) is 5.41 Å². The number of sulfonamides is 1. The fourth-order valence-electron chi connectivity index (χ4n) is 3.33. The molecule has 2 aromatic rings. The largest absolute Gasteiger partial charge is 0.338 e. The first-order chi connectivity index (χ1) is 12.7. The Kier molecular flexibility index (Phi) is 5.49. The minimum atomic E-state index is -3.70. The van der Waals surface area contributed by atoms with Crippen molar-refractivity contribution in [3.05, 3.63) is 59.1 Å². The van der Waals surface area contributed by atoms with E-state index in [4.69, 9.17) is 11.6 Å². The van der Waals surface area contributed by atoms with Crippen LogP contribution in [0.5, 0.6) is 0 Å². The van der Waals surface area contributed by atoms with Gasteiger partial charge in [0.25, 0.3) is 15.9 Å². The zero-order valence-electron chi connectivity index (χ0n) is 15.4. The lowest BCUT2D eigenvalue weighted by Gasteiger charge is -2.38. The third-order valence-electron chi connectivity index (χ3n) is 4.69. The predicted octanol–water partition coefficient (Wildman–Crippen LogP) is 4.40. The maximum Gasteiger partial charge on any atom is 0.261 e. The highest BCUT2D eigenvalue weighted by Gasteiger charge is 2.30. The van der Waals surface area contributed by atoms with Crippen LogP contribution in [-0.2, 0) is 10.0 Å². The third-order valence-corrected chi connectivity index (χ3v) is 6.40. The van der Waals surface area contributed by atoms with Crippen molar-refractivity contribution in [2.75, 3.05) is 17.8 Å². The van der Waals surface area contributed by atoms with E-state index in [-0.39, 0.29) is 21.2 Å². The summed E-state index contributed by atoms with van der Waals surface area (Å²) in [4.78, 5) is 14.8. The van der Waals surface area contributed by atoms with Crippen molar-refractivity contribution in [2.45, 2.75) is 31.6 Å². The highest BCUT2D eigenvalue weighted by Crippen LogP contribution is 2.31. The van der Waals surface area contributed by atoms with Crippen LogP contribution in [0.3, 0.4) is 0 Å². The second-order valence-electron chi connectivity index (χ2n) is 7.61. The zero-order valence-corrected chi connectivity index (χ0v) is 17.0. The number of carbonyl (C=O) groups excluding carboxylic acids is 1. The highest BCUT2D eigenvalue weighted by molar-refractivity contribution is 7.92. The average Bonchev–Trinajstić information content (AvgIpc) is 2.61. The van der Waals surface area contributed by atoms with Crippen LogP contribution in [0.25, 0.3) is 0 Å². The highest BCUT2D eigenvalue weighted by atomic mass is 35.5. The van der Waals surface area contributed by atoms with Gasteiger partial charge in [-0.15, -0.1) is 0 Å². The summed E-state index contributed by atoms with van der Waals surface area (Å²) in [5.41, 5.74) is 0.794. The van der Waals surface area contributed by atoms with Crippen LogP contribution < -0.4 is 4.72 Å². The Balaban J connectivity index is 1.79. The van der Waals surface area contributed by atoms with Gasteiger partial charge in [-0.2, -0.15) is 0 Å². The molecule has 5 nitrogen and oxygen atoms in total. The lowest BCUT2D eigenvalue weighted by Crippen LogP contribution is -2.43. The molecule has 1 amide bonds. The zero-order chi connectivity index (χ0) is 19.7. The van der Waals surface area contributed by atoms with E-state index in [0.29, 0.717) is 24.3 Å². The molecule has 0 saturated carbocycles. The van der Waals surface area contributed by atoms with E-state index >= 15 is 0 Å². The number of hydrogen-bond donors (Lipinski definition) is 1. The Morgan fingerprint density at radius 1 is 1.15 bits per heavy atom. The molecule has 1 N–H and O–H groups in total. The van der Waals surface area contributed by atoms with Gasteiger partial charge in [0.2, 0.25) is 0 Å². The van der Waals surface area contributed by atoms with E-state index in [2.05, 4.69) is 18.6 Å². The van der Waals surface area contributed by atoms with Gasteiger partial charge in [-0.3, -0.25) is 9.52 Å². The first kappa shape index (κ1) is 19.7. The molecule has 7 heteroatoms. The topological polar surface area (TPSA) is 66.5 Å². The van der Waals surface area contributed by atoms with Crippen molar-refractivity contribution < 1.29 is 13.2 Å². The van der Waals surface area contributed by atoms with E-state index in [0.717, 1.165) is 12.8 Å². The molecule has 3 rings (SSSR count). The molecule has 2 aromatic carbocycles. The Morgan fingerprint density at radius 2 is 1.85 bits per heavy atom. The second kappa shape index (κ2) is 7.52. The lowest BCUT2D eigenvalue weighted by atomic mass is 9.84. The predicted molar refractivity (Wildman–Crippen MR) is 108 cm³/mol. The monoisotopic (exact) mass is 406 g/mol. The number of anilines is 1. The van der Waals surface area contributed by atoms with Crippen LogP contribution in [0.2, 0.25) is 5.02 Å². The van der Waals surface area contributed by atoms with Gasteiger partial charge in [-0.1, -0.05) is 43.6 Å². The molecule has 0 atom stereocenters. The summed E-state index contributed by atoms with van der Waals surface area (Å²) >= 11 is 6.31. The number of carbonyl (C=O) groups is 1. The summed E-state index contributed by atoms with van der Waals surface area (Å²) in [6.45, 7) is 5.69. The number of piperidine rings is 1. The Labute approximate surface area is 165 Å². The van der Waals surface area contributed by atoms with Crippen LogP contribution in [0.1, 0.15) is 37.0 Å². The molecule has 1 aliphatic heterocycles. The van der Waals surface area contributed by atoms with Crippen LogP contribution >= 0.6 is 11.6 Å². The molecule has 0 radical (unpaired) electrons. The number of hydrogen-bond acceptors (Lipinski definition) is 3. The lowest BCUT2D eigenvalue weighted by molar-refractivity contribution is 0.0583. The summed E-state index contributed by atoms with van der Waals surface area (Å²) in [6, 6.07) is 12.7. The van der Waals surface area contributed by atoms with Gasteiger partial charge in [0.15, 0.2) is 0 Å². The standard InChI is InChI=1S/C20H23ClN2O3S/c1-20(2)11-6-12-23(14-20)19(24)17-10-9-15(13-18(17)21)22-27(25,26)16-7-4-3-5-8-16/h3-5,7-10,13,22H,6,11-12,14H2,1-2H3. The molecule has 0 unspecified atom stereocenters. The Morgan fingerprint density at radius 3 is 2.48 bits per heavy atom. The molecule has 144 valence electrons. The van der Waals surface area contributed by atoms with E-state index in [1.807, 2.05) is 4.90 Å². The fraction of sp³-hybridized carbons (Fsp3) is 0.350. The molecule has 0 bridgehead atoms. The molecule has 0 spiro atoms. The van der Waals surface area contributed by atoms with Crippen LogP contribution in [0.15, 0.2) is 53.4 Å². The van der Waals surface area contributed by atoms with Crippen molar-refractivity contribution in [1.29, 1.82) is 0 Å². The normalized spacial score (nSPS) is 16.8. The third kappa shape index (κ3) is 4.62. The van der Waals surface area contributed by atoms with E-state index in [9.17, 15) is 13.2 Å². The van der Waals surface area contributed by atoms with Crippen LogP contribution in [0.4, 0.5) is 5.69 Å². The van der Waals surface area contributed by atoms with Gasteiger partial charge in [0.1, 0.15) is 0 Å². The van der Waals surface area contributed by atoms with E-state index in [1.54, 1.807) is 30.3 Å². The van der Waals surface area contributed by atoms with Gasteiger partial charge < -0.3 is 4.90 Å². The van der Waals surface area contributed by atoms with Crippen LogP contribution in [-0.4, -0.2) is 32.3 Å². The fourth-order valence-corrected chi connectivity index (χ4v) is 4.66. The smallest absolute Gasteiger partial charge is 0.261 e. The average molecular weight is 407 g/mol. The van der Waals surface area contributed by atoms with Crippen molar-refractivity contribution >= 4 is 33.2 Å². The molecule has 27 heavy (non-hydrogen) atoms. The number of nitrogens with zero attached hydrogens (tertiary/aromatic N) is 1. The maximum absolute atomic E-state index is 12.8. The molecule has 0 aromatic heterocycles. The van der Waals surface area contributed by atoms with Crippen LogP contribution in [0, 0.1) is 5.41 Å². The Bertz CT molecular complexity index is 943. The number of likely N-dealkylation sites (tertiary alicyclic amines) is 1. The van der Waals surface area contributed by atoms with Gasteiger partial charge in [0, 0.05) is 13.1 Å². The molecule has 1 aliphatic rings. The molecular formula is C20H23ClN2O3S. The first-order valence-electron chi connectivity index (χ1n) is 8.85. The van der Waals surface area contributed by atoms with Crippen molar-refractivity contribution in [3.8, 4) is 0 Å². The maximum atomic E-state index is 12.8. The summed E-state index contributed by atoms with van der Waals surface area (Å²) in [5, 5.41) is 0.233. The molecule has 1 saturated heterocycles. The minimum absolute atomic E-state index is 0.0889. The van der Waals surface area contributed by atoms with Crippen molar-refractivity contribution in [3.63, 3.8) is 0 Å². The first-order valence-corrected chi connectivity index (χ1v) is 10.7. The van der Waals surface area contributed by atoms with Gasteiger partial charge in [-0.05, 0) is 48.6 Å². The quantitative estimate of drug-likeness (QED) is 0.818. The number of halogens is 1. The Hall–Kier alpha value is -2.05. The molecule has 1 heterocycles. The summed E-state index contributed by atoms with van der Waals surface area (Å²) in [6.07, 6.45) is 2.05. The number of rotatable bonds is 4. The van der Waals surface area contributed by atoms with Gasteiger partial charge in [0.05, 0.1) is 21.2 Å². The number of amides is 1. The number of benzene rings is 2. The van der Waals surface area contributed by atoms with E-state index in [1.165, 1.54) is 18.2 Å². The number of nitrogens with one attached hydrogen (secondary N) is 1. The second-order valence-corrected chi connectivity index (χ2v) is 9.70. The molecule has 0 aliphatic carbocycles. The van der Waals surface area contributed by atoms with Gasteiger partial charge >= 0.3 is 0 Å². The summed E-state index contributed by atoms with van der Waals surface area (Å²) < 4.78 is 27.3. The molecular weight excluding hydrogens is 384 g/mol. The molecule has 1 fully saturated rings. The minimum Gasteiger partial charge on any atom is -0.338 e. The van der Waals surface area contributed by atoms with E-state index < -0.39 is 10.0 Å². The SMILES string of the molecule is CC1(C)CCCN(C(=O)c2ccc(NS(=O)(=O)c3ccccc3)cc2Cl)C1. The summed E-state index contributed by atoms with van der Waals surface area (Å²) in [7, 11) is -3.70. The van der Waals surface area contributed by atoms with Crippen molar-refractivity contribution in [1.82, 2.24) is 4.90 Å².